The van der Waals surface area contributed by atoms with Gasteiger partial charge in [-0.1, -0.05) is 32.1 Å². The molecule has 3 saturated carbocycles. The second-order valence-electron chi connectivity index (χ2n) is 8.58. The predicted octanol–water partition coefficient (Wildman–Crippen LogP) is 3.18. The van der Waals surface area contributed by atoms with Gasteiger partial charge in [-0.05, 0) is 55.8 Å². The van der Waals surface area contributed by atoms with Crippen LogP contribution >= 0.6 is 0 Å². The molecule has 0 aromatic carbocycles. The number of amides is 1. The minimum absolute atomic E-state index is 0.329. The molecule has 0 radical (unpaired) electrons. The molecule has 4 rings (SSSR count). The largest absolute Gasteiger partial charge is 0.342 e. The summed E-state index contributed by atoms with van der Waals surface area (Å²) in [7, 11) is 0. The lowest BCUT2D eigenvalue weighted by Crippen LogP contribution is -2.40. The quantitative estimate of drug-likeness (QED) is 0.809. The van der Waals surface area contributed by atoms with E-state index in [0.717, 1.165) is 37.8 Å². The first-order valence-corrected chi connectivity index (χ1v) is 9.76. The SMILES string of the molecule is NC1CCCC2CN(C(=O)C3CCC4CCCCC4C3)CC12. The molecule has 0 spiro atoms. The van der Waals surface area contributed by atoms with Crippen molar-refractivity contribution >= 4 is 5.91 Å². The van der Waals surface area contributed by atoms with Crippen LogP contribution in [0.1, 0.15) is 64.2 Å². The Hall–Kier alpha value is -0.570. The second kappa shape index (κ2) is 6.14. The Kier molecular flexibility index (Phi) is 4.19. The summed E-state index contributed by atoms with van der Waals surface area (Å²) >= 11 is 0. The number of nitrogens with zero attached hydrogens (tertiary/aromatic N) is 1. The van der Waals surface area contributed by atoms with Crippen molar-refractivity contribution in [1.29, 1.82) is 0 Å². The van der Waals surface area contributed by atoms with Gasteiger partial charge in [-0.25, -0.2) is 0 Å². The molecular weight excluding hydrogens is 272 g/mol. The summed E-state index contributed by atoms with van der Waals surface area (Å²) in [5, 5.41) is 0. The van der Waals surface area contributed by atoms with Crippen LogP contribution in [-0.2, 0) is 4.79 Å². The van der Waals surface area contributed by atoms with Crippen molar-refractivity contribution in [3.05, 3.63) is 0 Å². The Balaban J connectivity index is 1.38. The first kappa shape index (κ1) is 15.0. The molecule has 0 bridgehead atoms. The van der Waals surface area contributed by atoms with E-state index in [9.17, 15) is 4.79 Å². The number of fused-ring (bicyclic) bond motifs is 2. The molecule has 1 amide bonds. The maximum absolute atomic E-state index is 13.0. The van der Waals surface area contributed by atoms with Crippen LogP contribution in [0.5, 0.6) is 0 Å². The van der Waals surface area contributed by atoms with Gasteiger partial charge in [0.1, 0.15) is 0 Å². The number of hydrogen-bond donors (Lipinski definition) is 1. The lowest BCUT2D eigenvalue weighted by molar-refractivity contribution is -0.137. The molecule has 3 aliphatic carbocycles. The molecule has 22 heavy (non-hydrogen) atoms. The monoisotopic (exact) mass is 304 g/mol. The molecule has 2 N–H and O–H groups in total. The third kappa shape index (κ3) is 2.70. The summed E-state index contributed by atoms with van der Waals surface area (Å²) in [5.41, 5.74) is 6.31. The normalized spacial score (nSPS) is 45.2. The summed E-state index contributed by atoms with van der Waals surface area (Å²) in [5.74, 6) is 3.87. The van der Waals surface area contributed by atoms with Crippen molar-refractivity contribution in [3.8, 4) is 0 Å². The number of likely N-dealkylation sites (tertiary alicyclic amines) is 1. The lowest BCUT2D eigenvalue weighted by Gasteiger charge is -2.39. The highest BCUT2D eigenvalue weighted by atomic mass is 16.2. The van der Waals surface area contributed by atoms with Crippen molar-refractivity contribution in [2.75, 3.05) is 13.1 Å². The maximum Gasteiger partial charge on any atom is 0.225 e. The molecule has 0 aromatic rings. The van der Waals surface area contributed by atoms with Gasteiger partial charge in [0.2, 0.25) is 5.91 Å². The average molecular weight is 304 g/mol. The Morgan fingerprint density at radius 1 is 0.818 bits per heavy atom. The minimum atomic E-state index is 0.329. The van der Waals surface area contributed by atoms with E-state index < -0.39 is 0 Å². The predicted molar refractivity (Wildman–Crippen MR) is 88.2 cm³/mol. The van der Waals surface area contributed by atoms with Gasteiger partial charge in [0, 0.05) is 25.0 Å². The fourth-order valence-corrected chi connectivity index (χ4v) is 6.05. The molecule has 124 valence electrons. The van der Waals surface area contributed by atoms with E-state index in [0.29, 0.717) is 29.7 Å². The van der Waals surface area contributed by atoms with Crippen LogP contribution in [0.2, 0.25) is 0 Å². The van der Waals surface area contributed by atoms with Gasteiger partial charge < -0.3 is 10.6 Å². The fourth-order valence-electron chi connectivity index (χ4n) is 6.05. The zero-order valence-corrected chi connectivity index (χ0v) is 13.9. The zero-order valence-electron chi connectivity index (χ0n) is 13.9. The van der Waals surface area contributed by atoms with Crippen LogP contribution < -0.4 is 5.73 Å². The average Bonchev–Trinajstić information content (AvgIpc) is 2.99. The highest BCUT2D eigenvalue weighted by Gasteiger charge is 2.43. The first-order chi connectivity index (χ1) is 10.7. The Morgan fingerprint density at radius 3 is 2.41 bits per heavy atom. The molecular formula is C19H32N2O. The molecule has 6 unspecified atom stereocenters. The highest BCUT2D eigenvalue weighted by molar-refractivity contribution is 5.79. The van der Waals surface area contributed by atoms with E-state index in [1.54, 1.807) is 0 Å². The van der Waals surface area contributed by atoms with Crippen LogP contribution in [0.25, 0.3) is 0 Å². The molecule has 6 atom stereocenters. The zero-order chi connectivity index (χ0) is 15.1. The van der Waals surface area contributed by atoms with Gasteiger partial charge in [0.05, 0.1) is 0 Å². The molecule has 4 aliphatic rings. The Morgan fingerprint density at radius 2 is 1.59 bits per heavy atom. The van der Waals surface area contributed by atoms with Crippen molar-refractivity contribution in [2.45, 2.75) is 70.3 Å². The van der Waals surface area contributed by atoms with Crippen molar-refractivity contribution in [2.24, 2.45) is 35.3 Å². The van der Waals surface area contributed by atoms with Crippen LogP contribution in [0.15, 0.2) is 0 Å². The third-order valence-corrected chi connectivity index (χ3v) is 7.35. The van der Waals surface area contributed by atoms with Crippen molar-refractivity contribution < 1.29 is 4.79 Å². The third-order valence-electron chi connectivity index (χ3n) is 7.35. The molecule has 0 aromatic heterocycles. The summed E-state index contributed by atoms with van der Waals surface area (Å²) in [4.78, 5) is 15.2. The van der Waals surface area contributed by atoms with Crippen molar-refractivity contribution in [3.63, 3.8) is 0 Å². The van der Waals surface area contributed by atoms with Gasteiger partial charge in [0.25, 0.3) is 0 Å². The van der Waals surface area contributed by atoms with E-state index in [1.165, 1.54) is 51.4 Å². The summed E-state index contributed by atoms with van der Waals surface area (Å²) < 4.78 is 0. The smallest absolute Gasteiger partial charge is 0.225 e. The summed E-state index contributed by atoms with van der Waals surface area (Å²) in [6.07, 6.45) is 13.0. The summed E-state index contributed by atoms with van der Waals surface area (Å²) in [6, 6.07) is 0.339. The maximum atomic E-state index is 13.0. The number of carbonyl (C=O) groups excluding carboxylic acids is 1. The standard InChI is InChI=1S/C19H32N2O/c20-18-7-3-6-16-11-21(12-17(16)18)19(22)15-9-8-13-4-1-2-5-14(13)10-15/h13-18H,1-12,20H2. The van der Waals surface area contributed by atoms with Crippen LogP contribution in [-0.4, -0.2) is 29.9 Å². The molecule has 1 aliphatic heterocycles. The number of rotatable bonds is 1. The highest BCUT2D eigenvalue weighted by Crippen LogP contribution is 2.44. The van der Waals surface area contributed by atoms with E-state index in [-0.39, 0.29) is 0 Å². The fraction of sp³-hybridized carbons (Fsp3) is 0.947. The number of nitrogens with two attached hydrogens (primary N) is 1. The van der Waals surface area contributed by atoms with E-state index in [2.05, 4.69) is 4.90 Å². The molecule has 4 fully saturated rings. The van der Waals surface area contributed by atoms with Crippen LogP contribution in [0.4, 0.5) is 0 Å². The van der Waals surface area contributed by atoms with Gasteiger partial charge in [-0.3, -0.25) is 4.79 Å². The Bertz CT molecular complexity index is 424. The number of hydrogen-bond acceptors (Lipinski definition) is 2. The van der Waals surface area contributed by atoms with Crippen LogP contribution in [0.3, 0.4) is 0 Å². The second-order valence-corrected chi connectivity index (χ2v) is 8.58. The molecule has 1 saturated heterocycles. The Labute approximate surface area is 135 Å². The van der Waals surface area contributed by atoms with Gasteiger partial charge >= 0.3 is 0 Å². The topological polar surface area (TPSA) is 46.3 Å². The molecule has 1 heterocycles. The van der Waals surface area contributed by atoms with Crippen LogP contribution in [0, 0.1) is 29.6 Å². The lowest BCUT2D eigenvalue weighted by atomic mass is 9.67. The van der Waals surface area contributed by atoms with E-state index in [4.69, 9.17) is 5.73 Å². The van der Waals surface area contributed by atoms with E-state index in [1.807, 2.05) is 0 Å². The minimum Gasteiger partial charge on any atom is -0.342 e. The number of carbonyl (C=O) groups is 1. The first-order valence-electron chi connectivity index (χ1n) is 9.76. The van der Waals surface area contributed by atoms with Gasteiger partial charge in [-0.15, -0.1) is 0 Å². The summed E-state index contributed by atoms with van der Waals surface area (Å²) in [6.45, 7) is 1.96. The van der Waals surface area contributed by atoms with Gasteiger partial charge in [0.15, 0.2) is 0 Å². The van der Waals surface area contributed by atoms with Gasteiger partial charge in [-0.2, -0.15) is 0 Å². The van der Waals surface area contributed by atoms with E-state index >= 15 is 0 Å². The molecule has 3 nitrogen and oxygen atoms in total. The van der Waals surface area contributed by atoms with Crippen molar-refractivity contribution in [1.82, 2.24) is 4.90 Å². The molecule has 3 heteroatoms.